The van der Waals surface area contributed by atoms with Crippen LogP contribution in [0.15, 0.2) is 77.6 Å². The van der Waals surface area contributed by atoms with Gasteiger partial charge in [-0.3, -0.25) is 24.2 Å². The van der Waals surface area contributed by atoms with Crippen molar-refractivity contribution in [2.24, 2.45) is 5.92 Å². The minimum atomic E-state index is -3.53. The summed E-state index contributed by atoms with van der Waals surface area (Å²) in [5, 5.41) is 18.3. The van der Waals surface area contributed by atoms with E-state index in [0.717, 1.165) is 28.6 Å². The zero-order valence-electron chi connectivity index (χ0n) is 31.4. The van der Waals surface area contributed by atoms with Gasteiger partial charge >= 0.3 is 0 Å². The van der Waals surface area contributed by atoms with Crippen LogP contribution in [0.1, 0.15) is 58.7 Å². The fourth-order valence-corrected chi connectivity index (χ4v) is 8.58. The van der Waals surface area contributed by atoms with Crippen molar-refractivity contribution in [1.29, 1.82) is 5.41 Å². The first-order valence-electron chi connectivity index (χ1n) is 18.3. The normalized spacial score (nSPS) is 16.7. The summed E-state index contributed by atoms with van der Waals surface area (Å²) >= 11 is 7.71. The molecule has 1 saturated carbocycles. The number of rotatable bonds is 12. The van der Waals surface area contributed by atoms with Crippen molar-refractivity contribution in [3.05, 3.63) is 140 Å². The number of nitrogens with zero attached hydrogens (tertiary/aromatic N) is 4. The molecule has 0 aliphatic heterocycles. The van der Waals surface area contributed by atoms with Gasteiger partial charge in [0, 0.05) is 37.3 Å². The van der Waals surface area contributed by atoms with Gasteiger partial charge in [-0.25, -0.2) is 26.9 Å². The number of hydrogen-bond donors (Lipinski definition) is 4. The first kappa shape index (κ1) is 40.9. The highest BCUT2D eigenvalue weighted by molar-refractivity contribution is 7.97. The summed E-state index contributed by atoms with van der Waals surface area (Å²) in [4.78, 5) is 33.8. The number of carbonyl (C=O) groups excluding carboxylic acids is 1. The number of alkyl halides is 4. The predicted octanol–water partition coefficient (Wildman–Crippen LogP) is 8.80. The lowest BCUT2D eigenvalue weighted by atomic mass is 10.0. The topological polar surface area (TPSA) is 130 Å². The third-order valence-corrected chi connectivity index (χ3v) is 11.3. The van der Waals surface area contributed by atoms with Crippen LogP contribution in [0.25, 0.3) is 27.7 Å². The second-order valence-electron chi connectivity index (χ2n) is 14.4. The summed E-state index contributed by atoms with van der Waals surface area (Å²) in [5.74, 6) is -9.35. The number of aromatic nitrogens is 4. The summed E-state index contributed by atoms with van der Waals surface area (Å²) in [5.41, 5.74) is -1.05. The Labute approximate surface area is 345 Å². The molecule has 0 radical (unpaired) electrons. The molecule has 0 bridgehead atoms. The average Bonchev–Trinajstić information content (AvgIpc) is 3.85. The van der Waals surface area contributed by atoms with Crippen LogP contribution in [0.4, 0.5) is 36.4 Å². The highest BCUT2D eigenvalue weighted by Crippen LogP contribution is 2.68. The Hall–Kier alpha value is -5.88. The second-order valence-corrected chi connectivity index (χ2v) is 15.4. The highest BCUT2D eigenvalue weighted by Gasteiger charge is 2.67. The molecule has 3 atom stereocenters. The number of halogens is 8. The lowest BCUT2D eigenvalue weighted by Crippen LogP contribution is -2.38. The summed E-state index contributed by atoms with van der Waals surface area (Å²) in [6.45, 7) is -0.963. The molecule has 10 nitrogen and oxygen atoms in total. The van der Waals surface area contributed by atoms with Crippen LogP contribution >= 0.6 is 23.5 Å². The molecule has 2 aromatic heterocycles. The molecular weight excluding hydrogens is 837 g/mol. The van der Waals surface area contributed by atoms with Crippen molar-refractivity contribution in [1.82, 2.24) is 29.4 Å². The number of amides is 1. The van der Waals surface area contributed by atoms with Gasteiger partial charge in [-0.05, 0) is 77.6 Å². The zero-order valence-corrected chi connectivity index (χ0v) is 33.0. The fraction of sp³-hybridized carbons (Fsp3) is 0.244. The lowest BCUT2D eigenvalue weighted by molar-refractivity contribution is -0.123. The van der Waals surface area contributed by atoms with Crippen LogP contribution in [0.5, 0.6) is 0 Å². The van der Waals surface area contributed by atoms with Crippen LogP contribution < -0.4 is 20.9 Å². The Morgan fingerprint density at radius 1 is 1.00 bits per heavy atom. The van der Waals surface area contributed by atoms with E-state index in [1.165, 1.54) is 49.5 Å². The molecule has 0 spiro atoms. The van der Waals surface area contributed by atoms with E-state index in [1.807, 2.05) is 0 Å². The molecule has 2 heterocycles. The van der Waals surface area contributed by atoms with Crippen molar-refractivity contribution >= 4 is 51.9 Å². The van der Waals surface area contributed by atoms with Crippen LogP contribution in [0, 0.1) is 28.8 Å². The van der Waals surface area contributed by atoms with E-state index >= 15 is 8.78 Å². The van der Waals surface area contributed by atoms with Crippen LogP contribution in [-0.2, 0) is 23.7 Å². The fourth-order valence-electron chi connectivity index (χ4n) is 8.02. The summed E-state index contributed by atoms with van der Waals surface area (Å²) in [7, 11) is 1.52. The molecule has 0 saturated heterocycles. The van der Waals surface area contributed by atoms with Crippen molar-refractivity contribution in [2.45, 2.75) is 43.7 Å². The summed E-state index contributed by atoms with van der Waals surface area (Å²) < 4.78 is 107. The van der Waals surface area contributed by atoms with Gasteiger partial charge in [0.25, 0.3) is 17.9 Å². The third kappa shape index (κ3) is 7.24. The van der Waals surface area contributed by atoms with Crippen LogP contribution in [0.3, 0.4) is 0 Å². The number of anilines is 1. The molecule has 2 aliphatic rings. The average molecular weight is 869 g/mol. The van der Waals surface area contributed by atoms with Gasteiger partial charge in [-0.1, -0.05) is 41.7 Å². The molecule has 2 unspecified atom stereocenters. The quantitative estimate of drug-likeness (QED) is 0.0419. The predicted molar refractivity (Wildman–Crippen MR) is 214 cm³/mol. The molecule has 60 heavy (non-hydrogen) atoms. The second kappa shape index (κ2) is 15.6. The third-order valence-electron chi connectivity index (χ3n) is 10.6. The molecule has 4 N–H and O–H groups in total. The Bertz CT molecular complexity index is 2760. The minimum Gasteiger partial charge on any atom is -0.386 e. The number of nitrogens with one attached hydrogen (secondary N) is 4. The van der Waals surface area contributed by atoms with Gasteiger partial charge in [0.15, 0.2) is 0 Å². The van der Waals surface area contributed by atoms with E-state index in [1.54, 1.807) is 18.4 Å². The van der Waals surface area contributed by atoms with Crippen molar-refractivity contribution in [2.75, 3.05) is 18.6 Å². The maximum absolute atomic E-state index is 15.5. The minimum absolute atomic E-state index is 0.00570. The largest absolute Gasteiger partial charge is 0.386 e. The van der Waals surface area contributed by atoms with Crippen LogP contribution in [0.2, 0.25) is 5.02 Å². The number of benzene rings is 4. The smallest absolute Gasteiger partial charge is 0.293 e. The van der Waals surface area contributed by atoms with E-state index in [9.17, 15) is 31.5 Å². The monoisotopic (exact) mass is 868 g/mol. The summed E-state index contributed by atoms with van der Waals surface area (Å²) in [6.07, 6.45) is -1.94. The van der Waals surface area contributed by atoms with Crippen molar-refractivity contribution in [3.63, 3.8) is 0 Å². The van der Waals surface area contributed by atoms with Gasteiger partial charge in [-0.15, -0.1) is 0 Å². The van der Waals surface area contributed by atoms with Gasteiger partial charge in [0.2, 0.25) is 5.91 Å². The maximum atomic E-state index is 15.5. The Balaban J connectivity index is 1.33. The molecule has 19 heteroatoms. The number of amidine groups is 1. The molecule has 1 fully saturated rings. The Morgan fingerprint density at radius 2 is 1.70 bits per heavy atom. The molecule has 2 aliphatic carbocycles. The number of hydrogen-bond acceptors (Lipinski definition) is 7. The first-order chi connectivity index (χ1) is 28.6. The molecular formula is C41H32ClF7N8O2S. The summed E-state index contributed by atoms with van der Waals surface area (Å²) in [6, 6.07) is 14.2. The first-order valence-corrected chi connectivity index (χ1v) is 19.9. The highest BCUT2D eigenvalue weighted by atomic mass is 35.5. The SMILES string of the molecule is CNc1c(-n2c(C(Cc3cc(F)cc(F)c3)NC(=O)Cn3nc(C(F)F)c4c3C(F)(F)[C@@H]3CC43)nc3cc(-c4ccc(F)cc4)ccc3c2=O)ccc(Cl)c1C(=N)NSC. The van der Waals surface area contributed by atoms with Crippen LogP contribution in [-0.4, -0.2) is 44.4 Å². The van der Waals surface area contributed by atoms with E-state index in [4.69, 9.17) is 22.0 Å². The maximum Gasteiger partial charge on any atom is 0.293 e. The molecule has 8 rings (SSSR count). The Morgan fingerprint density at radius 3 is 2.37 bits per heavy atom. The van der Waals surface area contributed by atoms with E-state index in [-0.39, 0.29) is 62.1 Å². The number of carbonyl (C=O) groups is 1. The van der Waals surface area contributed by atoms with Crippen molar-refractivity contribution in [3.8, 4) is 16.8 Å². The van der Waals surface area contributed by atoms with Gasteiger partial charge in [-0.2, -0.15) is 13.9 Å². The van der Waals surface area contributed by atoms with Gasteiger partial charge < -0.3 is 15.4 Å². The Kier molecular flexibility index (Phi) is 10.6. The van der Waals surface area contributed by atoms with Gasteiger partial charge in [0.05, 0.1) is 38.9 Å². The lowest BCUT2D eigenvalue weighted by Gasteiger charge is -2.25. The molecule has 4 aromatic carbocycles. The van der Waals surface area contributed by atoms with Crippen molar-refractivity contribution < 1.29 is 35.5 Å². The molecule has 1 amide bonds. The zero-order chi connectivity index (χ0) is 42.8. The molecule has 310 valence electrons. The molecule has 6 aromatic rings. The van der Waals surface area contributed by atoms with Gasteiger partial charge in [0.1, 0.15) is 47.0 Å². The number of fused-ring (bicyclic) bond motifs is 4. The standard InChI is InChI=1S/C41H32ClF7N8O2S/c1-51-34-30(10-9-27(42)33(34)38(50)55-60-2)57-39(53-28-14-20(5-8-24(28)40(57)59)19-3-6-21(43)7-4-19)29(13-18-11-22(44)15-23(45)12-18)52-31(58)17-56-36-32(35(54-56)37(46)47)25-16-26(25)41(36,48)49/h3-12,14-15,25-26,29,37,51H,13,16-17H2,1-2H3,(H2,50,55)(H,52,58)/t25?,26-,29?/m1/s1. The van der Waals surface area contributed by atoms with E-state index < -0.39 is 83.5 Å². The van der Waals surface area contributed by atoms with E-state index in [0.29, 0.717) is 21.9 Å². The van der Waals surface area contributed by atoms with E-state index in [2.05, 4.69) is 20.5 Å².